The van der Waals surface area contributed by atoms with E-state index < -0.39 is 12.7 Å². The number of guanidine groups is 1. The predicted molar refractivity (Wildman–Crippen MR) is 103 cm³/mol. The molecule has 0 aliphatic rings. The molecule has 9 heteroatoms. The van der Waals surface area contributed by atoms with Gasteiger partial charge in [0.15, 0.2) is 5.96 Å². The zero-order valence-corrected chi connectivity index (χ0v) is 16.9. The second-order valence-corrected chi connectivity index (χ2v) is 5.66. The first-order valence-corrected chi connectivity index (χ1v) is 7.63. The molecule has 1 N–H and O–H groups in total. The molecule has 0 saturated heterocycles. The van der Waals surface area contributed by atoms with E-state index >= 15 is 0 Å². The Morgan fingerprint density at radius 2 is 1.76 bits per heavy atom. The van der Waals surface area contributed by atoms with Gasteiger partial charge in [0.1, 0.15) is 5.82 Å². The third-order valence-corrected chi connectivity index (χ3v) is 3.36. The molecule has 25 heavy (non-hydrogen) atoms. The minimum Gasteiger partial charge on any atom is -0.356 e. The van der Waals surface area contributed by atoms with E-state index in [4.69, 9.17) is 0 Å². The van der Waals surface area contributed by atoms with Gasteiger partial charge in [-0.05, 0) is 37.7 Å². The molecule has 0 heterocycles. The van der Waals surface area contributed by atoms with E-state index in [2.05, 4.69) is 10.3 Å². The molecule has 0 radical (unpaired) electrons. The number of aliphatic imine (C=N–C) groups is 1. The van der Waals surface area contributed by atoms with Crippen molar-refractivity contribution < 1.29 is 17.6 Å². The van der Waals surface area contributed by atoms with Crippen LogP contribution in [0, 0.1) is 5.82 Å². The summed E-state index contributed by atoms with van der Waals surface area (Å²) in [4.78, 5) is 7.25. The predicted octanol–water partition coefficient (Wildman–Crippen LogP) is 3.34. The standard InChI is InChI=1S/C16H24F4N4.HI/c1-21-15(22-9-4-10-23(2)12-16(18,19)20)24(3)11-13-5-7-14(17)8-6-13;/h5-8H,4,9-12H2,1-3H3,(H,21,22);1H. The van der Waals surface area contributed by atoms with E-state index in [1.54, 1.807) is 19.2 Å². The van der Waals surface area contributed by atoms with Crippen LogP contribution in [-0.4, -0.2) is 62.7 Å². The van der Waals surface area contributed by atoms with Crippen molar-refractivity contribution in [3.8, 4) is 0 Å². The van der Waals surface area contributed by atoms with Gasteiger partial charge in [-0.1, -0.05) is 12.1 Å². The fraction of sp³-hybridized carbons (Fsp3) is 0.562. The van der Waals surface area contributed by atoms with E-state index in [0.717, 1.165) is 5.56 Å². The molecule has 4 nitrogen and oxygen atoms in total. The van der Waals surface area contributed by atoms with Gasteiger partial charge in [-0.25, -0.2) is 4.39 Å². The zero-order chi connectivity index (χ0) is 18.2. The summed E-state index contributed by atoms with van der Waals surface area (Å²) in [6, 6.07) is 6.20. The van der Waals surface area contributed by atoms with Gasteiger partial charge in [-0.15, -0.1) is 24.0 Å². The van der Waals surface area contributed by atoms with Gasteiger partial charge < -0.3 is 10.2 Å². The van der Waals surface area contributed by atoms with Crippen molar-refractivity contribution >= 4 is 29.9 Å². The Bertz CT molecular complexity index is 520. The number of rotatable bonds is 7. The topological polar surface area (TPSA) is 30.9 Å². The summed E-state index contributed by atoms with van der Waals surface area (Å²) in [6.45, 7) is 0.494. The van der Waals surface area contributed by atoms with Crippen LogP contribution in [0.15, 0.2) is 29.3 Å². The van der Waals surface area contributed by atoms with Crippen molar-refractivity contribution in [2.24, 2.45) is 4.99 Å². The number of hydrogen-bond donors (Lipinski definition) is 1. The molecule has 0 unspecified atom stereocenters. The molecule has 1 rings (SSSR count). The monoisotopic (exact) mass is 476 g/mol. The first-order chi connectivity index (χ1) is 11.2. The van der Waals surface area contributed by atoms with Crippen LogP contribution < -0.4 is 5.32 Å². The summed E-state index contributed by atoms with van der Waals surface area (Å²) in [5.41, 5.74) is 0.937. The largest absolute Gasteiger partial charge is 0.401 e. The molecule has 0 aliphatic carbocycles. The molecule has 1 aromatic rings. The summed E-state index contributed by atoms with van der Waals surface area (Å²) >= 11 is 0. The van der Waals surface area contributed by atoms with Crippen LogP contribution in [0.5, 0.6) is 0 Å². The number of nitrogens with one attached hydrogen (secondary N) is 1. The molecular formula is C16H25F4IN4. The fourth-order valence-corrected chi connectivity index (χ4v) is 2.26. The Hall–Kier alpha value is -1.10. The molecule has 144 valence electrons. The maximum absolute atomic E-state index is 12.9. The highest BCUT2D eigenvalue weighted by Gasteiger charge is 2.28. The highest BCUT2D eigenvalue weighted by Crippen LogP contribution is 2.15. The molecule has 0 fully saturated rings. The van der Waals surface area contributed by atoms with Crippen molar-refractivity contribution in [1.82, 2.24) is 15.1 Å². The number of hydrogen-bond acceptors (Lipinski definition) is 2. The number of halogens is 5. The smallest absolute Gasteiger partial charge is 0.356 e. The summed E-state index contributed by atoms with van der Waals surface area (Å²) in [6.07, 6.45) is -3.61. The first-order valence-electron chi connectivity index (χ1n) is 7.63. The van der Waals surface area contributed by atoms with E-state index in [1.807, 2.05) is 11.9 Å². The van der Waals surface area contributed by atoms with Crippen LogP contribution in [0.3, 0.4) is 0 Å². The van der Waals surface area contributed by atoms with Crippen LogP contribution in [0.25, 0.3) is 0 Å². The van der Waals surface area contributed by atoms with Crippen LogP contribution in [0.1, 0.15) is 12.0 Å². The van der Waals surface area contributed by atoms with Crippen molar-refractivity contribution in [1.29, 1.82) is 0 Å². The van der Waals surface area contributed by atoms with Crippen LogP contribution in [0.2, 0.25) is 0 Å². The average Bonchev–Trinajstić information content (AvgIpc) is 2.47. The molecule has 0 saturated carbocycles. The Morgan fingerprint density at radius 3 is 2.28 bits per heavy atom. The van der Waals surface area contributed by atoms with E-state index in [9.17, 15) is 17.6 Å². The highest BCUT2D eigenvalue weighted by molar-refractivity contribution is 14.0. The maximum Gasteiger partial charge on any atom is 0.401 e. The lowest BCUT2D eigenvalue weighted by atomic mass is 10.2. The second kappa shape index (κ2) is 11.5. The van der Waals surface area contributed by atoms with Crippen LogP contribution >= 0.6 is 24.0 Å². The van der Waals surface area contributed by atoms with Gasteiger partial charge in [0.05, 0.1) is 6.54 Å². The number of nitrogens with zero attached hydrogens (tertiary/aromatic N) is 3. The van der Waals surface area contributed by atoms with E-state index in [0.29, 0.717) is 32.0 Å². The SMILES string of the molecule is CN=C(NCCCN(C)CC(F)(F)F)N(C)Cc1ccc(F)cc1.I. The van der Waals surface area contributed by atoms with Crippen molar-refractivity contribution in [3.05, 3.63) is 35.6 Å². The van der Waals surface area contributed by atoms with Crippen molar-refractivity contribution in [3.63, 3.8) is 0 Å². The zero-order valence-electron chi connectivity index (χ0n) is 14.6. The normalized spacial score (nSPS) is 12.1. The fourth-order valence-electron chi connectivity index (χ4n) is 2.26. The Balaban J connectivity index is 0.00000576. The third-order valence-electron chi connectivity index (χ3n) is 3.36. The van der Waals surface area contributed by atoms with E-state index in [1.165, 1.54) is 24.1 Å². The third kappa shape index (κ3) is 10.5. The van der Waals surface area contributed by atoms with Gasteiger partial charge in [0.25, 0.3) is 0 Å². The van der Waals surface area contributed by atoms with Gasteiger partial charge >= 0.3 is 6.18 Å². The van der Waals surface area contributed by atoms with Gasteiger partial charge in [0.2, 0.25) is 0 Å². The number of benzene rings is 1. The summed E-state index contributed by atoms with van der Waals surface area (Å²) in [7, 11) is 4.93. The van der Waals surface area contributed by atoms with Crippen molar-refractivity contribution in [2.45, 2.75) is 19.1 Å². The Kier molecular flexibility index (Phi) is 11.0. The molecule has 0 aliphatic heterocycles. The summed E-state index contributed by atoms with van der Waals surface area (Å²) in [5, 5.41) is 3.11. The summed E-state index contributed by atoms with van der Waals surface area (Å²) in [5.74, 6) is 0.352. The molecular weight excluding hydrogens is 451 g/mol. The molecule has 0 atom stereocenters. The minimum absolute atomic E-state index is 0. The number of alkyl halides is 3. The van der Waals surface area contributed by atoms with Crippen LogP contribution in [0.4, 0.5) is 17.6 Å². The maximum atomic E-state index is 12.9. The Labute approximate surface area is 163 Å². The molecule has 0 bridgehead atoms. The lowest BCUT2D eigenvalue weighted by Gasteiger charge is -2.23. The first kappa shape index (κ1) is 23.9. The van der Waals surface area contributed by atoms with Crippen molar-refractivity contribution in [2.75, 3.05) is 40.8 Å². The van der Waals surface area contributed by atoms with Gasteiger partial charge in [-0.2, -0.15) is 13.2 Å². The summed E-state index contributed by atoms with van der Waals surface area (Å²) < 4.78 is 49.6. The van der Waals surface area contributed by atoms with Crippen LogP contribution in [-0.2, 0) is 6.54 Å². The molecule has 0 amide bonds. The molecule has 0 spiro atoms. The lowest BCUT2D eigenvalue weighted by Crippen LogP contribution is -2.40. The second-order valence-electron chi connectivity index (χ2n) is 5.66. The quantitative estimate of drug-likeness (QED) is 0.216. The Morgan fingerprint density at radius 1 is 1.16 bits per heavy atom. The minimum atomic E-state index is -4.17. The molecule has 1 aromatic carbocycles. The van der Waals surface area contributed by atoms with E-state index in [-0.39, 0.29) is 29.8 Å². The average molecular weight is 476 g/mol. The molecule has 0 aromatic heterocycles. The van der Waals surface area contributed by atoms with Gasteiger partial charge in [0, 0.05) is 27.2 Å². The highest BCUT2D eigenvalue weighted by atomic mass is 127. The van der Waals surface area contributed by atoms with Gasteiger partial charge in [-0.3, -0.25) is 9.89 Å². The lowest BCUT2D eigenvalue weighted by molar-refractivity contribution is -0.143.